The van der Waals surface area contributed by atoms with Crippen molar-refractivity contribution in [2.45, 2.75) is 18.9 Å². The first-order valence-corrected chi connectivity index (χ1v) is 9.03. The van der Waals surface area contributed by atoms with Crippen molar-refractivity contribution >= 4 is 41.5 Å². The average Bonchev–Trinajstić information content (AvgIpc) is 3.14. The summed E-state index contributed by atoms with van der Waals surface area (Å²) in [5.41, 5.74) is 0. The van der Waals surface area contributed by atoms with Crippen molar-refractivity contribution < 1.29 is 13.9 Å². The first-order valence-electron chi connectivity index (χ1n) is 8.27. The van der Waals surface area contributed by atoms with E-state index in [9.17, 15) is 4.79 Å². The van der Waals surface area contributed by atoms with Crippen molar-refractivity contribution in [1.82, 2.24) is 10.2 Å². The molecule has 1 aromatic heterocycles. The molecule has 0 atom stereocenters. The van der Waals surface area contributed by atoms with Crippen molar-refractivity contribution in [2.75, 3.05) is 26.2 Å². The van der Waals surface area contributed by atoms with E-state index in [1.165, 1.54) is 6.26 Å². The zero-order chi connectivity index (χ0) is 17.6. The maximum atomic E-state index is 11.8. The van der Waals surface area contributed by atoms with Gasteiger partial charge in [-0.25, -0.2) is 0 Å². The Morgan fingerprint density at radius 1 is 1.23 bits per heavy atom. The molecule has 1 aliphatic heterocycles. The van der Waals surface area contributed by atoms with E-state index < -0.39 is 0 Å². The Bertz CT molecular complexity index is 702. The first-order chi connectivity index (χ1) is 12.1. The van der Waals surface area contributed by atoms with Gasteiger partial charge in [-0.15, -0.1) is 12.4 Å². The molecule has 26 heavy (non-hydrogen) atoms. The largest absolute Gasteiger partial charge is 0.490 e. The fourth-order valence-corrected chi connectivity index (χ4v) is 3.10. The maximum Gasteiger partial charge on any atom is 0.287 e. The highest BCUT2D eigenvalue weighted by atomic mass is 35.5. The smallest absolute Gasteiger partial charge is 0.287 e. The third-order valence-corrected chi connectivity index (χ3v) is 4.93. The number of nitrogens with zero attached hydrogens (tertiary/aromatic N) is 1. The van der Waals surface area contributed by atoms with E-state index in [0.29, 0.717) is 22.4 Å². The van der Waals surface area contributed by atoms with E-state index >= 15 is 0 Å². The molecule has 1 aromatic carbocycles. The normalized spacial score (nSPS) is 15.3. The molecule has 0 bridgehead atoms. The van der Waals surface area contributed by atoms with Gasteiger partial charge < -0.3 is 19.4 Å². The molecular formula is C18H21Cl3N2O3. The Labute approximate surface area is 169 Å². The first kappa shape index (κ1) is 20.9. The summed E-state index contributed by atoms with van der Waals surface area (Å²) in [4.78, 5) is 14.1. The molecule has 2 aromatic rings. The maximum absolute atomic E-state index is 11.8. The SMILES string of the molecule is Cl.O=C(NCCN1CCC(Oc2ccc(Cl)c(Cl)c2)CC1)c1ccco1. The highest BCUT2D eigenvalue weighted by molar-refractivity contribution is 6.42. The Morgan fingerprint density at radius 2 is 2.00 bits per heavy atom. The second-order valence-electron chi connectivity index (χ2n) is 5.97. The number of ether oxygens (including phenoxy) is 1. The quantitative estimate of drug-likeness (QED) is 0.759. The fraction of sp³-hybridized carbons (Fsp3) is 0.389. The molecule has 1 N–H and O–H groups in total. The summed E-state index contributed by atoms with van der Waals surface area (Å²) in [6, 6.07) is 8.69. The van der Waals surface area contributed by atoms with E-state index in [0.717, 1.165) is 38.2 Å². The summed E-state index contributed by atoms with van der Waals surface area (Å²) in [5, 5.41) is 3.89. The molecular weight excluding hydrogens is 399 g/mol. The van der Waals surface area contributed by atoms with Gasteiger partial charge in [0.25, 0.3) is 5.91 Å². The number of nitrogens with one attached hydrogen (secondary N) is 1. The van der Waals surface area contributed by atoms with E-state index in [-0.39, 0.29) is 24.4 Å². The number of piperidine rings is 1. The number of benzene rings is 1. The Balaban J connectivity index is 0.00000243. The lowest BCUT2D eigenvalue weighted by Crippen LogP contribution is -2.42. The Hall–Kier alpha value is -1.40. The van der Waals surface area contributed by atoms with Crippen LogP contribution in [0.5, 0.6) is 5.75 Å². The number of amides is 1. The van der Waals surface area contributed by atoms with Crippen molar-refractivity contribution in [3.8, 4) is 5.75 Å². The second kappa shape index (κ2) is 10.1. The fourth-order valence-electron chi connectivity index (χ4n) is 2.82. The third-order valence-electron chi connectivity index (χ3n) is 4.19. The number of furan rings is 1. The molecule has 0 unspecified atom stereocenters. The minimum Gasteiger partial charge on any atom is -0.490 e. The average molecular weight is 420 g/mol. The molecule has 2 heterocycles. The monoisotopic (exact) mass is 418 g/mol. The van der Waals surface area contributed by atoms with E-state index in [4.69, 9.17) is 32.4 Å². The molecule has 0 radical (unpaired) electrons. The predicted molar refractivity (Wildman–Crippen MR) is 105 cm³/mol. The second-order valence-corrected chi connectivity index (χ2v) is 6.78. The van der Waals surface area contributed by atoms with Crippen LogP contribution in [0, 0.1) is 0 Å². The number of carbonyl (C=O) groups is 1. The minimum absolute atomic E-state index is 0. The van der Waals surface area contributed by atoms with Crippen LogP contribution in [0.4, 0.5) is 0 Å². The van der Waals surface area contributed by atoms with Gasteiger partial charge in [0.15, 0.2) is 5.76 Å². The van der Waals surface area contributed by atoms with Crippen LogP contribution in [0.3, 0.4) is 0 Å². The van der Waals surface area contributed by atoms with Crippen LogP contribution in [-0.4, -0.2) is 43.1 Å². The number of hydrogen-bond acceptors (Lipinski definition) is 4. The standard InChI is InChI=1S/C18H20Cl2N2O3.ClH/c19-15-4-3-14(12-16(15)20)25-13-5-8-22(9-6-13)10-7-21-18(23)17-2-1-11-24-17;/h1-4,11-13H,5-10H2,(H,21,23);1H. The van der Waals surface area contributed by atoms with Crippen LogP contribution >= 0.6 is 35.6 Å². The van der Waals surface area contributed by atoms with Gasteiger partial charge in [0, 0.05) is 32.2 Å². The Morgan fingerprint density at radius 3 is 2.65 bits per heavy atom. The molecule has 1 amide bonds. The summed E-state index contributed by atoms with van der Waals surface area (Å²) in [6.07, 6.45) is 3.54. The minimum atomic E-state index is -0.178. The van der Waals surface area contributed by atoms with Crippen LogP contribution in [0.25, 0.3) is 0 Å². The molecule has 1 aliphatic rings. The zero-order valence-corrected chi connectivity index (χ0v) is 16.4. The molecule has 8 heteroatoms. The Kier molecular flexibility index (Phi) is 8.10. The van der Waals surface area contributed by atoms with Gasteiger partial charge >= 0.3 is 0 Å². The van der Waals surface area contributed by atoms with Crippen LogP contribution in [0.2, 0.25) is 10.0 Å². The third kappa shape index (κ3) is 5.81. The number of likely N-dealkylation sites (tertiary alicyclic amines) is 1. The lowest BCUT2D eigenvalue weighted by molar-refractivity contribution is 0.0884. The summed E-state index contributed by atoms with van der Waals surface area (Å²) < 4.78 is 11.0. The summed E-state index contributed by atoms with van der Waals surface area (Å²) in [6.45, 7) is 3.27. The predicted octanol–water partition coefficient (Wildman–Crippen LogP) is 4.28. The molecule has 142 valence electrons. The topological polar surface area (TPSA) is 54.7 Å². The molecule has 3 rings (SSSR count). The van der Waals surface area contributed by atoms with Gasteiger partial charge in [-0.1, -0.05) is 23.2 Å². The summed E-state index contributed by atoms with van der Waals surface area (Å²) in [5.74, 6) is 0.912. The van der Waals surface area contributed by atoms with Crippen LogP contribution in [0.1, 0.15) is 23.4 Å². The highest BCUT2D eigenvalue weighted by Crippen LogP contribution is 2.28. The lowest BCUT2D eigenvalue weighted by Gasteiger charge is -2.32. The van der Waals surface area contributed by atoms with Crippen molar-refractivity contribution in [2.24, 2.45) is 0 Å². The van der Waals surface area contributed by atoms with Gasteiger partial charge in [0.1, 0.15) is 11.9 Å². The zero-order valence-electron chi connectivity index (χ0n) is 14.1. The highest BCUT2D eigenvalue weighted by Gasteiger charge is 2.20. The molecule has 5 nitrogen and oxygen atoms in total. The van der Waals surface area contributed by atoms with Gasteiger partial charge in [-0.2, -0.15) is 0 Å². The van der Waals surface area contributed by atoms with E-state index in [1.807, 2.05) is 6.07 Å². The molecule has 0 saturated carbocycles. The number of carbonyl (C=O) groups excluding carboxylic acids is 1. The molecule has 0 aliphatic carbocycles. The van der Waals surface area contributed by atoms with E-state index in [2.05, 4.69) is 10.2 Å². The van der Waals surface area contributed by atoms with Crippen molar-refractivity contribution in [1.29, 1.82) is 0 Å². The number of halogens is 3. The number of hydrogen-bond donors (Lipinski definition) is 1. The molecule has 1 fully saturated rings. The van der Waals surface area contributed by atoms with E-state index in [1.54, 1.807) is 24.3 Å². The van der Waals surface area contributed by atoms with Crippen LogP contribution in [0.15, 0.2) is 41.0 Å². The lowest BCUT2D eigenvalue weighted by atomic mass is 10.1. The van der Waals surface area contributed by atoms with Gasteiger partial charge in [0.2, 0.25) is 0 Å². The van der Waals surface area contributed by atoms with Gasteiger partial charge in [0.05, 0.1) is 16.3 Å². The van der Waals surface area contributed by atoms with Crippen LogP contribution in [-0.2, 0) is 0 Å². The van der Waals surface area contributed by atoms with Gasteiger partial charge in [-0.3, -0.25) is 4.79 Å². The molecule has 0 spiro atoms. The summed E-state index contributed by atoms with van der Waals surface area (Å²) in [7, 11) is 0. The van der Waals surface area contributed by atoms with Crippen LogP contribution < -0.4 is 10.1 Å². The van der Waals surface area contributed by atoms with Crippen molar-refractivity contribution in [3.63, 3.8) is 0 Å². The van der Waals surface area contributed by atoms with Gasteiger partial charge in [-0.05, 0) is 37.1 Å². The molecule has 1 saturated heterocycles. The van der Waals surface area contributed by atoms with Crippen molar-refractivity contribution in [3.05, 3.63) is 52.4 Å². The number of rotatable bonds is 6. The summed E-state index contributed by atoms with van der Waals surface area (Å²) >= 11 is 11.9.